The molecule has 4 heteroatoms. The second-order valence-electron chi connectivity index (χ2n) is 6.93. The lowest BCUT2D eigenvalue weighted by Crippen LogP contribution is -2.24. The van der Waals surface area contributed by atoms with Crippen LogP contribution >= 0.6 is 0 Å². The number of nitrogens with one attached hydrogen (secondary N) is 1. The lowest BCUT2D eigenvalue weighted by Gasteiger charge is -2.07. The van der Waals surface area contributed by atoms with Crippen LogP contribution in [0.5, 0.6) is 0 Å². The summed E-state index contributed by atoms with van der Waals surface area (Å²) < 4.78 is 1.95. The zero-order chi connectivity index (χ0) is 18.4. The summed E-state index contributed by atoms with van der Waals surface area (Å²) in [6, 6.07) is 20.4. The first-order valence-corrected chi connectivity index (χ1v) is 9.04. The minimum atomic E-state index is 0.0785. The molecule has 1 amide bonds. The van der Waals surface area contributed by atoms with E-state index in [-0.39, 0.29) is 5.91 Å². The molecule has 1 N–H and O–H groups in total. The fraction of sp³-hybridized carbons (Fsp3) is 0.273. The van der Waals surface area contributed by atoms with Gasteiger partial charge in [0.05, 0.1) is 12.2 Å². The molecule has 3 rings (SSSR count). The molecule has 2 aromatic carbocycles. The van der Waals surface area contributed by atoms with Gasteiger partial charge in [-0.05, 0) is 11.5 Å². The van der Waals surface area contributed by atoms with E-state index in [2.05, 4.69) is 29.6 Å². The van der Waals surface area contributed by atoms with Crippen LogP contribution in [0.15, 0.2) is 66.9 Å². The van der Waals surface area contributed by atoms with E-state index in [1.54, 1.807) is 0 Å². The molecule has 0 spiro atoms. The topological polar surface area (TPSA) is 46.9 Å². The highest BCUT2D eigenvalue weighted by Crippen LogP contribution is 2.22. The number of amides is 1. The number of rotatable bonds is 7. The maximum Gasteiger partial charge on any atom is 0.220 e. The van der Waals surface area contributed by atoms with Gasteiger partial charge in [0.2, 0.25) is 5.91 Å². The average Bonchev–Trinajstić information content (AvgIpc) is 3.04. The number of aromatic nitrogens is 2. The second kappa shape index (κ2) is 8.48. The highest BCUT2D eigenvalue weighted by Gasteiger charge is 2.13. The third-order valence-electron chi connectivity index (χ3n) is 4.14. The van der Waals surface area contributed by atoms with Crippen molar-refractivity contribution in [2.24, 2.45) is 5.92 Å². The molecule has 0 bridgehead atoms. The van der Waals surface area contributed by atoms with E-state index in [1.165, 1.54) is 5.56 Å². The quantitative estimate of drug-likeness (QED) is 0.694. The molecule has 1 aromatic heterocycles. The van der Waals surface area contributed by atoms with Gasteiger partial charge in [-0.25, -0.2) is 0 Å². The standard InChI is InChI=1S/C22H25N3O/c1-17(2)13-21(26)23-14-20-16-25(15-18-9-5-3-6-10-18)24-22(20)19-11-7-4-8-12-19/h3-12,16-17H,13-15H2,1-2H3,(H,23,26). The number of benzene rings is 2. The molecule has 0 aliphatic carbocycles. The van der Waals surface area contributed by atoms with Crippen molar-refractivity contribution in [2.75, 3.05) is 0 Å². The predicted molar refractivity (Wildman–Crippen MR) is 105 cm³/mol. The summed E-state index contributed by atoms with van der Waals surface area (Å²) in [5, 5.41) is 7.81. The Balaban J connectivity index is 1.82. The zero-order valence-electron chi connectivity index (χ0n) is 15.4. The highest BCUT2D eigenvalue weighted by atomic mass is 16.1. The van der Waals surface area contributed by atoms with Gasteiger partial charge >= 0.3 is 0 Å². The Bertz CT molecular complexity index is 838. The zero-order valence-corrected chi connectivity index (χ0v) is 15.4. The van der Waals surface area contributed by atoms with Crippen molar-refractivity contribution in [3.8, 4) is 11.3 Å². The van der Waals surface area contributed by atoms with Crippen molar-refractivity contribution in [3.05, 3.63) is 78.0 Å². The summed E-state index contributed by atoms with van der Waals surface area (Å²) in [6.45, 7) is 5.30. The SMILES string of the molecule is CC(C)CC(=O)NCc1cn(Cc2ccccc2)nc1-c1ccccc1. The van der Waals surface area contributed by atoms with E-state index in [9.17, 15) is 4.79 Å². The van der Waals surface area contributed by atoms with Gasteiger partial charge in [-0.2, -0.15) is 5.10 Å². The third kappa shape index (κ3) is 4.82. The van der Waals surface area contributed by atoms with Crippen molar-refractivity contribution in [1.29, 1.82) is 0 Å². The lowest BCUT2D eigenvalue weighted by molar-refractivity contribution is -0.121. The number of hydrogen-bond acceptors (Lipinski definition) is 2. The Kier molecular flexibility index (Phi) is 5.84. The summed E-state index contributed by atoms with van der Waals surface area (Å²) in [7, 11) is 0. The first kappa shape index (κ1) is 17.9. The molecular formula is C22H25N3O. The van der Waals surface area contributed by atoms with E-state index in [0.717, 1.165) is 16.8 Å². The average molecular weight is 347 g/mol. The molecular weight excluding hydrogens is 322 g/mol. The summed E-state index contributed by atoms with van der Waals surface area (Å²) >= 11 is 0. The van der Waals surface area contributed by atoms with Gasteiger partial charge in [0.1, 0.15) is 0 Å². The van der Waals surface area contributed by atoms with Crippen LogP contribution in [0.2, 0.25) is 0 Å². The molecule has 0 radical (unpaired) electrons. The lowest BCUT2D eigenvalue weighted by atomic mass is 10.1. The van der Waals surface area contributed by atoms with Crippen molar-refractivity contribution in [1.82, 2.24) is 15.1 Å². The highest BCUT2D eigenvalue weighted by molar-refractivity contribution is 5.76. The monoisotopic (exact) mass is 347 g/mol. The Labute approximate surface area is 154 Å². The normalized spacial score (nSPS) is 10.9. The summed E-state index contributed by atoms with van der Waals surface area (Å²) in [4.78, 5) is 12.0. The molecule has 4 nitrogen and oxygen atoms in total. The van der Waals surface area contributed by atoms with Crippen molar-refractivity contribution >= 4 is 5.91 Å². The predicted octanol–water partition coefficient (Wildman–Crippen LogP) is 4.26. The van der Waals surface area contributed by atoms with Gasteiger partial charge in [-0.1, -0.05) is 74.5 Å². The minimum absolute atomic E-state index is 0.0785. The molecule has 0 fully saturated rings. The van der Waals surface area contributed by atoms with E-state index in [4.69, 9.17) is 5.10 Å². The molecule has 0 unspecified atom stereocenters. The van der Waals surface area contributed by atoms with Crippen LogP contribution in [0.1, 0.15) is 31.4 Å². The van der Waals surface area contributed by atoms with Gasteiger partial charge in [0.25, 0.3) is 0 Å². The number of carbonyl (C=O) groups is 1. The summed E-state index contributed by atoms with van der Waals surface area (Å²) in [5.74, 6) is 0.430. The van der Waals surface area contributed by atoms with Crippen molar-refractivity contribution < 1.29 is 4.79 Å². The van der Waals surface area contributed by atoms with Gasteiger partial charge in [0, 0.05) is 30.3 Å². The molecule has 134 valence electrons. The van der Waals surface area contributed by atoms with Crippen LogP contribution in [0, 0.1) is 5.92 Å². The van der Waals surface area contributed by atoms with E-state index >= 15 is 0 Å². The van der Waals surface area contributed by atoms with Crippen LogP contribution in [-0.4, -0.2) is 15.7 Å². The maximum atomic E-state index is 12.0. The van der Waals surface area contributed by atoms with Crippen LogP contribution in [0.3, 0.4) is 0 Å². The Morgan fingerprint density at radius 2 is 1.69 bits per heavy atom. The first-order valence-electron chi connectivity index (χ1n) is 9.04. The Hall–Kier alpha value is -2.88. The smallest absolute Gasteiger partial charge is 0.220 e. The number of nitrogens with zero attached hydrogens (tertiary/aromatic N) is 2. The molecule has 0 saturated carbocycles. The first-order chi connectivity index (χ1) is 12.6. The molecule has 3 aromatic rings. The minimum Gasteiger partial charge on any atom is -0.352 e. The fourth-order valence-electron chi connectivity index (χ4n) is 2.92. The van der Waals surface area contributed by atoms with Crippen molar-refractivity contribution in [3.63, 3.8) is 0 Å². The van der Waals surface area contributed by atoms with E-state index in [0.29, 0.717) is 25.4 Å². The van der Waals surface area contributed by atoms with E-state index < -0.39 is 0 Å². The number of carbonyl (C=O) groups excluding carboxylic acids is 1. The van der Waals surface area contributed by atoms with E-state index in [1.807, 2.05) is 61.1 Å². The second-order valence-corrected chi connectivity index (χ2v) is 6.93. The molecule has 0 saturated heterocycles. The Morgan fingerprint density at radius 1 is 1.04 bits per heavy atom. The maximum absolute atomic E-state index is 12.0. The largest absolute Gasteiger partial charge is 0.352 e. The van der Waals surface area contributed by atoms with Crippen LogP contribution in [-0.2, 0) is 17.9 Å². The molecule has 1 heterocycles. The van der Waals surface area contributed by atoms with Gasteiger partial charge in [0.15, 0.2) is 0 Å². The van der Waals surface area contributed by atoms with Gasteiger partial charge in [-0.15, -0.1) is 0 Å². The summed E-state index contributed by atoms with van der Waals surface area (Å²) in [6.07, 6.45) is 2.57. The van der Waals surface area contributed by atoms with Crippen molar-refractivity contribution in [2.45, 2.75) is 33.4 Å². The number of hydrogen-bond donors (Lipinski definition) is 1. The van der Waals surface area contributed by atoms with Gasteiger partial charge < -0.3 is 5.32 Å². The summed E-state index contributed by atoms with van der Waals surface area (Å²) in [5.41, 5.74) is 4.22. The van der Waals surface area contributed by atoms with Gasteiger partial charge in [-0.3, -0.25) is 9.48 Å². The Morgan fingerprint density at radius 3 is 2.35 bits per heavy atom. The molecule has 26 heavy (non-hydrogen) atoms. The fourth-order valence-corrected chi connectivity index (χ4v) is 2.92. The molecule has 0 atom stereocenters. The molecule has 0 aliphatic rings. The van der Waals surface area contributed by atoms with Crippen LogP contribution < -0.4 is 5.32 Å². The van der Waals surface area contributed by atoms with Crippen LogP contribution in [0.25, 0.3) is 11.3 Å². The third-order valence-corrected chi connectivity index (χ3v) is 4.14. The van der Waals surface area contributed by atoms with Crippen LogP contribution in [0.4, 0.5) is 0 Å². The molecule has 0 aliphatic heterocycles.